The summed E-state index contributed by atoms with van der Waals surface area (Å²) in [5.74, 6) is 1.23. The van der Waals surface area contributed by atoms with Crippen LogP contribution in [-0.4, -0.2) is 76.0 Å². The Labute approximate surface area is 278 Å². The second-order valence-electron chi connectivity index (χ2n) is 12.3. The summed E-state index contributed by atoms with van der Waals surface area (Å²) in [6, 6.07) is 27.3. The highest BCUT2D eigenvalue weighted by molar-refractivity contribution is 5.91. The fourth-order valence-electron chi connectivity index (χ4n) is 6.66. The largest absolute Gasteiger partial charge is 0.463 e. The number of amides is 4. The van der Waals surface area contributed by atoms with Crippen molar-refractivity contribution >= 4 is 17.8 Å². The van der Waals surface area contributed by atoms with Gasteiger partial charge in [0.1, 0.15) is 18.0 Å². The van der Waals surface area contributed by atoms with Crippen LogP contribution < -0.4 is 10.1 Å². The first-order chi connectivity index (χ1) is 22.8. The number of piperazine rings is 1. The van der Waals surface area contributed by atoms with E-state index in [9.17, 15) is 14.4 Å². The first kappa shape index (κ1) is 33.7. The highest BCUT2D eigenvalue weighted by Crippen LogP contribution is 2.32. The van der Waals surface area contributed by atoms with E-state index in [1.165, 1.54) is 11.1 Å². The molecule has 1 N–H and O–H groups in total. The SMILES string of the molecule is C=C(C)Oc1ccc(CNC(=O)N2[C@H]3CN(CCC(c4ccccc4)c4ccccc4)C(=O)[C@H](CCCC)N3C(=O)CN2CC)cc1. The summed E-state index contributed by atoms with van der Waals surface area (Å²) in [4.78, 5) is 45.3. The maximum absolute atomic E-state index is 14.1. The van der Waals surface area contributed by atoms with E-state index in [2.05, 4.69) is 43.1 Å². The first-order valence-corrected chi connectivity index (χ1v) is 16.7. The summed E-state index contributed by atoms with van der Waals surface area (Å²) in [7, 11) is 0. The molecular weight excluding hydrogens is 590 g/mol. The van der Waals surface area contributed by atoms with Gasteiger partial charge in [0.05, 0.1) is 18.8 Å². The van der Waals surface area contributed by atoms with Gasteiger partial charge in [-0.1, -0.05) is 106 Å². The van der Waals surface area contributed by atoms with Gasteiger partial charge in [-0.15, -0.1) is 0 Å². The van der Waals surface area contributed by atoms with E-state index in [1.807, 2.05) is 72.5 Å². The van der Waals surface area contributed by atoms with E-state index in [0.717, 1.165) is 24.8 Å². The van der Waals surface area contributed by atoms with E-state index in [-0.39, 0.29) is 36.9 Å². The van der Waals surface area contributed by atoms with Crippen LogP contribution in [0.15, 0.2) is 97.3 Å². The van der Waals surface area contributed by atoms with Crippen molar-refractivity contribution in [2.75, 3.05) is 26.2 Å². The lowest BCUT2D eigenvalue weighted by molar-refractivity contribution is -0.190. The zero-order chi connectivity index (χ0) is 33.3. The fourth-order valence-corrected chi connectivity index (χ4v) is 6.66. The smallest absolute Gasteiger partial charge is 0.334 e. The molecule has 0 bridgehead atoms. The molecule has 0 aliphatic carbocycles. The molecule has 2 saturated heterocycles. The molecule has 0 saturated carbocycles. The van der Waals surface area contributed by atoms with Crippen LogP contribution in [-0.2, 0) is 16.1 Å². The van der Waals surface area contributed by atoms with Crippen LogP contribution in [0.1, 0.15) is 69.1 Å². The summed E-state index contributed by atoms with van der Waals surface area (Å²) in [5.41, 5.74) is 3.30. The molecule has 9 nitrogen and oxygen atoms in total. The lowest BCUT2D eigenvalue weighted by atomic mass is 9.88. The normalized spacial score (nSPS) is 18.3. The summed E-state index contributed by atoms with van der Waals surface area (Å²) in [6.07, 6.45) is 2.40. The minimum absolute atomic E-state index is 0.0368. The van der Waals surface area contributed by atoms with Crippen LogP contribution in [0.2, 0.25) is 0 Å². The highest BCUT2D eigenvalue weighted by atomic mass is 16.5. The first-order valence-electron chi connectivity index (χ1n) is 16.7. The van der Waals surface area contributed by atoms with Gasteiger partial charge in [0.2, 0.25) is 11.8 Å². The number of carbonyl (C=O) groups excluding carboxylic acids is 3. The van der Waals surface area contributed by atoms with Gasteiger partial charge < -0.3 is 19.9 Å². The van der Waals surface area contributed by atoms with E-state index >= 15 is 0 Å². The number of hydrogen-bond donors (Lipinski definition) is 1. The third kappa shape index (κ3) is 8.03. The average Bonchev–Trinajstić information content (AvgIpc) is 3.08. The summed E-state index contributed by atoms with van der Waals surface area (Å²) in [5, 5.41) is 6.53. The van der Waals surface area contributed by atoms with Gasteiger partial charge >= 0.3 is 6.03 Å². The Morgan fingerprint density at radius 3 is 2.17 bits per heavy atom. The van der Waals surface area contributed by atoms with Crippen LogP contribution in [0.3, 0.4) is 0 Å². The maximum Gasteiger partial charge on any atom is 0.334 e. The molecule has 0 radical (unpaired) electrons. The van der Waals surface area contributed by atoms with Crippen LogP contribution >= 0.6 is 0 Å². The molecule has 4 amide bonds. The number of rotatable bonds is 13. The minimum atomic E-state index is -0.608. The Morgan fingerprint density at radius 1 is 0.957 bits per heavy atom. The molecule has 3 aromatic carbocycles. The fraction of sp³-hybridized carbons (Fsp3) is 0.395. The number of hydrazine groups is 1. The standard InChI is InChI=1S/C38H47N5O4/c1-5-7-18-34-37(45)40(24-23-33(30-14-10-8-11-15-30)31-16-12-9-13-17-31)26-35-42(34)36(44)27-41(6-2)43(35)38(46)39-25-29-19-21-32(22-20-29)47-28(3)4/h8-17,19-22,33-35H,3,5-7,18,23-27H2,1-2,4H3,(H,39,46)/t34-,35-/m0/s1. The van der Waals surface area contributed by atoms with Gasteiger partial charge in [-0.3, -0.25) is 9.59 Å². The molecule has 0 spiro atoms. The van der Waals surface area contributed by atoms with Crippen molar-refractivity contribution in [2.24, 2.45) is 0 Å². The Kier molecular flexibility index (Phi) is 11.3. The van der Waals surface area contributed by atoms with Gasteiger partial charge in [0.15, 0.2) is 0 Å². The number of hydrogen-bond acceptors (Lipinski definition) is 5. The molecule has 47 heavy (non-hydrogen) atoms. The number of likely N-dealkylation sites (N-methyl/N-ethyl adjacent to an activating group) is 1. The van der Waals surface area contributed by atoms with Gasteiger partial charge in [0.25, 0.3) is 0 Å². The predicted molar refractivity (Wildman–Crippen MR) is 183 cm³/mol. The molecule has 2 aliphatic rings. The Bertz CT molecular complexity index is 1470. The topological polar surface area (TPSA) is 85.4 Å². The van der Waals surface area contributed by atoms with Crippen molar-refractivity contribution < 1.29 is 19.1 Å². The second kappa shape index (κ2) is 15.8. The molecular formula is C38H47N5O4. The number of allylic oxidation sites excluding steroid dienone is 1. The minimum Gasteiger partial charge on any atom is -0.463 e. The van der Waals surface area contributed by atoms with E-state index in [0.29, 0.717) is 37.6 Å². The Morgan fingerprint density at radius 2 is 1.60 bits per heavy atom. The molecule has 2 heterocycles. The van der Waals surface area contributed by atoms with E-state index in [4.69, 9.17) is 4.74 Å². The summed E-state index contributed by atoms with van der Waals surface area (Å²) >= 11 is 0. The van der Waals surface area contributed by atoms with Crippen molar-refractivity contribution in [3.05, 3.63) is 114 Å². The second-order valence-corrected chi connectivity index (χ2v) is 12.3. The number of unbranched alkanes of at least 4 members (excludes halogenated alkanes) is 1. The third-order valence-corrected chi connectivity index (χ3v) is 8.99. The van der Waals surface area contributed by atoms with Gasteiger partial charge in [-0.2, -0.15) is 0 Å². The number of fused-ring (bicyclic) bond motifs is 1. The Hall–Kier alpha value is -4.63. The number of nitrogens with one attached hydrogen (secondary N) is 1. The zero-order valence-corrected chi connectivity index (χ0v) is 27.8. The number of carbonyl (C=O) groups is 3. The third-order valence-electron chi connectivity index (χ3n) is 8.99. The Balaban J connectivity index is 1.38. The van der Waals surface area contributed by atoms with Crippen LogP contribution in [0.4, 0.5) is 4.79 Å². The molecule has 3 aromatic rings. The summed E-state index contributed by atoms with van der Waals surface area (Å²) in [6.45, 7) is 11.2. The lowest BCUT2D eigenvalue weighted by Crippen LogP contribution is -2.76. The van der Waals surface area contributed by atoms with Crippen molar-refractivity contribution in [3.8, 4) is 5.75 Å². The zero-order valence-electron chi connectivity index (χ0n) is 27.8. The number of benzene rings is 3. The van der Waals surface area contributed by atoms with Gasteiger partial charge in [-0.05, 0) is 48.6 Å². The molecule has 248 valence electrons. The molecule has 9 heteroatoms. The van der Waals surface area contributed by atoms with Crippen LogP contribution in [0.25, 0.3) is 0 Å². The van der Waals surface area contributed by atoms with Gasteiger partial charge in [-0.25, -0.2) is 14.8 Å². The van der Waals surface area contributed by atoms with Crippen LogP contribution in [0.5, 0.6) is 5.75 Å². The van der Waals surface area contributed by atoms with E-state index in [1.54, 1.807) is 21.8 Å². The van der Waals surface area contributed by atoms with E-state index < -0.39 is 12.2 Å². The molecule has 2 aliphatic heterocycles. The quantitative estimate of drug-likeness (QED) is 0.228. The average molecular weight is 638 g/mol. The molecule has 5 rings (SSSR count). The highest BCUT2D eigenvalue weighted by Gasteiger charge is 2.50. The maximum atomic E-state index is 14.1. The molecule has 2 atom stereocenters. The molecule has 0 aromatic heterocycles. The van der Waals surface area contributed by atoms with Gasteiger partial charge in [0, 0.05) is 25.6 Å². The van der Waals surface area contributed by atoms with Crippen molar-refractivity contribution in [1.29, 1.82) is 0 Å². The number of ether oxygens (including phenoxy) is 1. The van der Waals surface area contributed by atoms with Crippen molar-refractivity contribution in [1.82, 2.24) is 25.1 Å². The van der Waals surface area contributed by atoms with Crippen molar-refractivity contribution in [2.45, 2.75) is 71.1 Å². The summed E-state index contributed by atoms with van der Waals surface area (Å²) < 4.78 is 5.56. The molecule has 2 fully saturated rings. The molecule has 0 unspecified atom stereocenters. The van der Waals surface area contributed by atoms with Crippen molar-refractivity contribution in [3.63, 3.8) is 0 Å². The van der Waals surface area contributed by atoms with Crippen LogP contribution in [0, 0.1) is 0 Å². The number of nitrogens with zero attached hydrogens (tertiary/aromatic N) is 4. The lowest BCUT2D eigenvalue weighted by Gasteiger charge is -2.55. The monoisotopic (exact) mass is 637 g/mol. The number of urea groups is 1. The predicted octanol–water partition coefficient (Wildman–Crippen LogP) is 6.14.